The molecule has 0 saturated heterocycles. The fourth-order valence-corrected chi connectivity index (χ4v) is 2.87. The molecule has 0 aliphatic rings. The van der Waals surface area contributed by atoms with Gasteiger partial charge in [-0.05, 0) is 24.2 Å². The minimum atomic E-state index is -0.161. The van der Waals surface area contributed by atoms with E-state index in [1.54, 1.807) is 12.1 Å². The average molecular weight is 261 g/mol. The van der Waals surface area contributed by atoms with Crippen LogP contribution >= 0.6 is 11.8 Å². The first-order chi connectivity index (χ1) is 8.81. The minimum Gasteiger partial charge on any atom is -0.330 e. The van der Waals surface area contributed by atoms with E-state index in [-0.39, 0.29) is 11.7 Å². The smallest absolute Gasteiger partial charge is 0.136 e. The van der Waals surface area contributed by atoms with Crippen molar-refractivity contribution in [3.63, 3.8) is 0 Å². The molecule has 0 saturated carbocycles. The van der Waals surface area contributed by atoms with E-state index in [0.717, 1.165) is 5.75 Å². The maximum atomic E-state index is 13.5. The summed E-state index contributed by atoms with van der Waals surface area (Å²) in [7, 11) is 0. The Balaban J connectivity index is 2.02. The van der Waals surface area contributed by atoms with Crippen LogP contribution < -0.4 is 5.73 Å². The predicted octanol–water partition coefficient (Wildman–Crippen LogP) is 3.66. The number of benzene rings is 2. The van der Waals surface area contributed by atoms with Crippen molar-refractivity contribution in [1.82, 2.24) is 0 Å². The Morgan fingerprint density at radius 3 is 2.33 bits per heavy atom. The van der Waals surface area contributed by atoms with Gasteiger partial charge in [-0.2, -0.15) is 0 Å². The van der Waals surface area contributed by atoms with Crippen molar-refractivity contribution >= 4 is 11.8 Å². The van der Waals surface area contributed by atoms with Crippen molar-refractivity contribution in [3.05, 3.63) is 66.0 Å². The molecule has 2 N–H and O–H groups in total. The molecule has 18 heavy (non-hydrogen) atoms. The highest BCUT2D eigenvalue weighted by Crippen LogP contribution is 2.27. The molecule has 0 spiro atoms. The summed E-state index contributed by atoms with van der Waals surface area (Å²) in [6.45, 7) is 0.575. The molecule has 0 radical (unpaired) electrons. The standard InChI is InChI=1S/C15H16FNS/c16-14-8-4-5-9-15(14)18-11-13(10-17)12-6-2-1-3-7-12/h1-9,13H,10-11,17H2. The first-order valence-corrected chi connectivity index (χ1v) is 6.92. The van der Waals surface area contributed by atoms with Gasteiger partial charge in [-0.1, -0.05) is 42.5 Å². The zero-order valence-electron chi connectivity index (χ0n) is 10.1. The fraction of sp³-hybridized carbons (Fsp3) is 0.200. The zero-order chi connectivity index (χ0) is 12.8. The third-order valence-electron chi connectivity index (χ3n) is 2.83. The number of nitrogens with two attached hydrogens (primary N) is 1. The lowest BCUT2D eigenvalue weighted by Crippen LogP contribution is -2.14. The summed E-state index contributed by atoms with van der Waals surface area (Å²) in [5.41, 5.74) is 7.01. The number of hydrogen-bond donors (Lipinski definition) is 1. The number of rotatable bonds is 5. The molecule has 3 heteroatoms. The van der Waals surface area contributed by atoms with Gasteiger partial charge in [0.15, 0.2) is 0 Å². The van der Waals surface area contributed by atoms with E-state index in [1.807, 2.05) is 24.3 Å². The predicted molar refractivity (Wildman–Crippen MR) is 75.4 cm³/mol. The Bertz CT molecular complexity index is 487. The topological polar surface area (TPSA) is 26.0 Å². The second-order valence-corrected chi connectivity index (χ2v) is 5.15. The first kappa shape index (κ1) is 13.1. The monoisotopic (exact) mass is 261 g/mol. The highest BCUT2D eigenvalue weighted by Gasteiger charge is 2.11. The van der Waals surface area contributed by atoms with Gasteiger partial charge in [0.25, 0.3) is 0 Å². The molecule has 0 aliphatic heterocycles. The van der Waals surface area contributed by atoms with E-state index in [9.17, 15) is 4.39 Å². The molecule has 2 aromatic carbocycles. The van der Waals surface area contributed by atoms with Gasteiger partial charge in [0.1, 0.15) is 5.82 Å². The maximum Gasteiger partial charge on any atom is 0.136 e. The molecule has 0 bridgehead atoms. The lowest BCUT2D eigenvalue weighted by molar-refractivity contribution is 0.601. The molecule has 0 heterocycles. The number of halogens is 1. The van der Waals surface area contributed by atoms with Crippen LogP contribution in [-0.2, 0) is 0 Å². The fourth-order valence-electron chi connectivity index (χ4n) is 1.78. The number of hydrogen-bond acceptors (Lipinski definition) is 2. The third kappa shape index (κ3) is 3.34. The average Bonchev–Trinajstić information content (AvgIpc) is 2.42. The molecule has 94 valence electrons. The van der Waals surface area contributed by atoms with Crippen LogP contribution in [0.25, 0.3) is 0 Å². The quantitative estimate of drug-likeness (QED) is 0.831. The molecule has 2 aromatic rings. The summed E-state index contributed by atoms with van der Waals surface area (Å²) < 4.78 is 13.5. The van der Waals surface area contributed by atoms with Crippen LogP contribution in [0, 0.1) is 5.82 Å². The first-order valence-electron chi connectivity index (χ1n) is 5.93. The molecule has 1 atom stereocenters. The Hall–Kier alpha value is -1.32. The van der Waals surface area contributed by atoms with Crippen molar-refractivity contribution in [2.24, 2.45) is 5.73 Å². The van der Waals surface area contributed by atoms with Crippen LogP contribution in [-0.4, -0.2) is 12.3 Å². The molecule has 0 aromatic heterocycles. The third-order valence-corrected chi connectivity index (χ3v) is 4.04. The summed E-state index contributed by atoms with van der Waals surface area (Å²) in [4.78, 5) is 0.687. The lowest BCUT2D eigenvalue weighted by atomic mass is 10.0. The Labute approximate surface area is 111 Å². The van der Waals surface area contributed by atoms with Gasteiger partial charge < -0.3 is 5.73 Å². The maximum absolute atomic E-state index is 13.5. The Morgan fingerprint density at radius 2 is 1.67 bits per heavy atom. The molecular formula is C15H16FNS. The Morgan fingerprint density at radius 1 is 1.00 bits per heavy atom. The molecule has 0 amide bonds. The molecule has 2 rings (SSSR count). The molecule has 0 fully saturated rings. The van der Waals surface area contributed by atoms with Gasteiger partial charge in [-0.15, -0.1) is 11.8 Å². The van der Waals surface area contributed by atoms with Crippen molar-refractivity contribution in [2.45, 2.75) is 10.8 Å². The van der Waals surface area contributed by atoms with Gasteiger partial charge in [0.05, 0.1) is 0 Å². The van der Waals surface area contributed by atoms with Crippen LogP contribution in [0.15, 0.2) is 59.5 Å². The largest absolute Gasteiger partial charge is 0.330 e. The van der Waals surface area contributed by atoms with E-state index >= 15 is 0 Å². The summed E-state index contributed by atoms with van der Waals surface area (Å²) in [6.07, 6.45) is 0. The van der Waals surface area contributed by atoms with Gasteiger partial charge >= 0.3 is 0 Å². The summed E-state index contributed by atoms with van der Waals surface area (Å²) in [5, 5.41) is 0. The minimum absolute atomic E-state index is 0.161. The van der Waals surface area contributed by atoms with E-state index < -0.39 is 0 Å². The van der Waals surface area contributed by atoms with E-state index in [2.05, 4.69) is 12.1 Å². The van der Waals surface area contributed by atoms with Crippen LogP contribution in [0.4, 0.5) is 4.39 Å². The van der Waals surface area contributed by atoms with Gasteiger partial charge in [0.2, 0.25) is 0 Å². The van der Waals surface area contributed by atoms with Crippen molar-refractivity contribution in [2.75, 3.05) is 12.3 Å². The second-order valence-electron chi connectivity index (χ2n) is 4.08. The van der Waals surface area contributed by atoms with Gasteiger partial charge in [0, 0.05) is 16.6 Å². The van der Waals surface area contributed by atoms with E-state index in [0.29, 0.717) is 11.4 Å². The Kier molecular flexibility index (Phi) is 4.79. The summed E-state index contributed by atoms with van der Waals surface area (Å²) in [5.74, 6) is 0.892. The van der Waals surface area contributed by atoms with Crippen molar-refractivity contribution in [1.29, 1.82) is 0 Å². The van der Waals surface area contributed by atoms with Gasteiger partial charge in [-0.3, -0.25) is 0 Å². The number of thioether (sulfide) groups is 1. The van der Waals surface area contributed by atoms with Crippen LogP contribution in [0.5, 0.6) is 0 Å². The van der Waals surface area contributed by atoms with Crippen LogP contribution in [0.2, 0.25) is 0 Å². The highest BCUT2D eigenvalue weighted by atomic mass is 32.2. The second kappa shape index (κ2) is 6.57. The molecule has 1 nitrogen and oxygen atoms in total. The molecular weight excluding hydrogens is 245 g/mol. The summed E-state index contributed by atoms with van der Waals surface area (Å²) >= 11 is 1.52. The van der Waals surface area contributed by atoms with Gasteiger partial charge in [-0.25, -0.2) is 4.39 Å². The molecule has 1 unspecified atom stereocenters. The highest BCUT2D eigenvalue weighted by molar-refractivity contribution is 7.99. The van der Waals surface area contributed by atoms with Crippen LogP contribution in [0.3, 0.4) is 0 Å². The summed E-state index contributed by atoms with van der Waals surface area (Å²) in [6, 6.07) is 17.0. The van der Waals surface area contributed by atoms with Crippen molar-refractivity contribution in [3.8, 4) is 0 Å². The SMILES string of the molecule is NCC(CSc1ccccc1F)c1ccccc1. The normalized spacial score (nSPS) is 12.3. The van der Waals surface area contributed by atoms with E-state index in [4.69, 9.17) is 5.73 Å². The lowest BCUT2D eigenvalue weighted by Gasteiger charge is -2.14. The van der Waals surface area contributed by atoms with Crippen LogP contribution in [0.1, 0.15) is 11.5 Å². The van der Waals surface area contributed by atoms with Crippen molar-refractivity contribution < 1.29 is 4.39 Å². The zero-order valence-corrected chi connectivity index (χ0v) is 10.9. The molecule has 0 aliphatic carbocycles. The van der Waals surface area contributed by atoms with E-state index in [1.165, 1.54) is 23.4 Å².